The minimum Gasteiger partial charge on any atom is -0.481 e. The second kappa shape index (κ2) is 7.14. The molecule has 0 saturated heterocycles. The Hall–Kier alpha value is -1.55. The number of hydrogen-bond donors (Lipinski definition) is 1. The highest BCUT2D eigenvalue weighted by Gasteiger charge is 2.10. The second-order valence-corrected chi connectivity index (χ2v) is 4.95. The molecule has 0 fully saturated rings. The van der Waals surface area contributed by atoms with E-state index < -0.39 is 5.97 Å². The van der Waals surface area contributed by atoms with Crippen molar-refractivity contribution >= 4 is 23.5 Å². The Morgan fingerprint density at radius 1 is 1.32 bits per heavy atom. The summed E-state index contributed by atoms with van der Waals surface area (Å²) in [4.78, 5) is 23.7. The SMILES string of the molecule is Cc1ccc(CCC(=O)N(C)CCC(=O)O)cc1Cl. The summed E-state index contributed by atoms with van der Waals surface area (Å²) in [6, 6.07) is 5.74. The van der Waals surface area contributed by atoms with Gasteiger partial charge in [-0.25, -0.2) is 0 Å². The van der Waals surface area contributed by atoms with Crippen molar-refractivity contribution in [3.63, 3.8) is 0 Å². The highest BCUT2D eigenvalue weighted by molar-refractivity contribution is 6.31. The smallest absolute Gasteiger partial charge is 0.305 e. The minimum absolute atomic E-state index is 0.0292. The van der Waals surface area contributed by atoms with Crippen molar-refractivity contribution in [2.75, 3.05) is 13.6 Å². The molecule has 1 amide bonds. The van der Waals surface area contributed by atoms with Gasteiger partial charge < -0.3 is 10.0 Å². The number of aryl methyl sites for hydroxylation is 2. The third-order valence-corrected chi connectivity index (χ3v) is 3.36. The normalized spacial score (nSPS) is 10.3. The van der Waals surface area contributed by atoms with Crippen LogP contribution in [-0.2, 0) is 16.0 Å². The molecule has 0 aliphatic rings. The molecule has 1 aromatic rings. The molecule has 0 bridgehead atoms. The lowest BCUT2D eigenvalue weighted by molar-refractivity contribution is -0.138. The summed E-state index contributed by atoms with van der Waals surface area (Å²) in [6.07, 6.45) is 0.935. The van der Waals surface area contributed by atoms with Gasteiger partial charge in [0.25, 0.3) is 0 Å². The molecule has 0 radical (unpaired) electrons. The van der Waals surface area contributed by atoms with Gasteiger partial charge in [0, 0.05) is 25.0 Å². The Labute approximate surface area is 118 Å². The molecule has 1 N–H and O–H groups in total. The van der Waals surface area contributed by atoms with Crippen LogP contribution in [0.1, 0.15) is 24.0 Å². The van der Waals surface area contributed by atoms with Gasteiger partial charge in [-0.15, -0.1) is 0 Å². The van der Waals surface area contributed by atoms with Crippen molar-refractivity contribution in [2.24, 2.45) is 0 Å². The number of nitrogens with zero attached hydrogens (tertiary/aromatic N) is 1. The van der Waals surface area contributed by atoms with Gasteiger partial charge in [-0.3, -0.25) is 9.59 Å². The van der Waals surface area contributed by atoms with Crippen LogP contribution in [0.2, 0.25) is 5.02 Å². The number of carboxylic acids is 1. The van der Waals surface area contributed by atoms with Crippen LogP contribution >= 0.6 is 11.6 Å². The van der Waals surface area contributed by atoms with Gasteiger partial charge in [0.2, 0.25) is 5.91 Å². The lowest BCUT2D eigenvalue weighted by Gasteiger charge is -2.16. The molecular formula is C14H18ClNO3. The molecular weight excluding hydrogens is 266 g/mol. The highest BCUT2D eigenvalue weighted by Crippen LogP contribution is 2.17. The molecule has 1 rings (SSSR count). The molecule has 19 heavy (non-hydrogen) atoms. The van der Waals surface area contributed by atoms with E-state index in [9.17, 15) is 9.59 Å². The van der Waals surface area contributed by atoms with Crippen LogP contribution in [0.5, 0.6) is 0 Å². The number of carboxylic acid groups (broad SMARTS) is 1. The number of carbonyl (C=O) groups is 2. The largest absolute Gasteiger partial charge is 0.481 e. The van der Waals surface area contributed by atoms with Gasteiger partial charge in [0.15, 0.2) is 0 Å². The molecule has 0 aliphatic carbocycles. The maximum Gasteiger partial charge on any atom is 0.305 e. The van der Waals surface area contributed by atoms with E-state index in [1.807, 2.05) is 25.1 Å². The Morgan fingerprint density at radius 3 is 2.58 bits per heavy atom. The molecule has 0 saturated carbocycles. The molecule has 0 aromatic heterocycles. The van der Waals surface area contributed by atoms with Crippen LogP contribution in [0.25, 0.3) is 0 Å². The summed E-state index contributed by atoms with van der Waals surface area (Å²) in [7, 11) is 1.62. The molecule has 0 aliphatic heterocycles. The van der Waals surface area contributed by atoms with E-state index >= 15 is 0 Å². The lowest BCUT2D eigenvalue weighted by atomic mass is 10.1. The van der Waals surface area contributed by atoms with Crippen molar-refractivity contribution in [3.05, 3.63) is 34.3 Å². The zero-order valence-electron chi connectivity index (χ0n) is 11.1. The summed E-state index contributed by atoms with van der Waals surface area (Å²) in [5, 5.41) is 9.25. The van der Waals surface area contributed by atoms with Crippen molar-refractivity contribution < 1.29 is 14.7 Å². The third-order valence-electron chi connectivity index (χ3n) is 2.95. The maximum absolute atomic E-state index is 11.8. The van der Waals surface area contributed by atoms with E-state index in [0.29, 0.717) is 17.9 Å². The fraction of sp³-hybridized carbons (Fsp3) is 0.429. The van der Waals surface area contributed by atoms with Gasteiger partial charge in [-0.2, -0.15) is 0 Å². The zero-order chi connectivity index (χ0) is 14.4. The fourth-order valence-electron chi connectivity index (χ4n) is 1.62. The van der Waals surface area contributed by atoms with Gasteiger partial charge in [0.1, 0.15) is 0 Å². The number of halogens is 1. The van der Waals surface area contributed by atoms with E-state index in [4.69, 9.17) is 16.7 Å². The molecule has 4 nitrogen and oxygen atoms in total. The van der Waals surface area contributed by atoms with Gasteiger partial charge in [-0.1, -0.05) is 23.7 Å². The highest BCUT2D eigenvalue weighted by atomic mass is 35.5. The number of carbonyl (C=O) groups excluding carboxylic acids is 1. The van der Waals surface area contributed by atoms with Crippen LogP contribution in [-0.4, -0.2) is 35.5 Å². The van der Waals surface area contributed by atoms with Crippen molar-refractivity contribution in [3.8, 4) is 0 Å². The van der Waals surface area contributed by atoms with Gasteiger partial charge in [-0.05, 0) is 30.5 Å². The fourth-order valence-corrected chi connectivity index (χ4v) is 1.83. The van der Waals surface area contributed by atoms with E-state index in [2.05, 4.69) is 0 Å². The molecule has 0 unspecified atom stereocenters. The Bertz CT molecular complexity index is 474. The van der Waals surface area contributed by atoms with Gasteiger partial charge in [0.05, 0.1) is 6.42 Å². The van der Waals surface area contributed by atoms with Crippen molar-refractivity contribution in [2.45, 2.75) is 26.2 Å². The topological polar surface area (TPSA) is 57.6 Å². The summed E-state index contributed by atoms with van der Waals surface area (Å²) in [5.41, 5.74) is 2.02. The summed E-state index contributed by atoms with van der Waals surface area (Å²) in [6.45, 7) is 2.17. The second-order valence-electron chi connectivity index (χ2n) is 4.54. The molecule has 1 aromatic carbocycles. The summed E-state index contributed by atoms with van der Waals surface area (Å²) >= 11 is 6.02. The first-order chi connectivity index (χ1) is 8.90. The number of benzene rings is 1. The monoisotopic (exact) mass is 283 g/mol. The average Bonchev–Trinajstić information content (AvgIpc) is 2.36. The van der Waals surface area contributed by atoms with Crippen LogP contribution < -0.4 is 0 Å². The summed E-state index contributed by atoms with van der Waals surface area (Å²) in [5.74, 6) is -0.956. The van der Waals surface area contributed by atoms with Gasteiger partial charge >= 0.3 is 5.97 Å². The minimum atomic E-state index is -0.898. The molecule has 0 atom stereocenters. The molecule has 104 valence electrons. The average molecular weight is 284 g/mol. The Balaban J connectivity index is 2.44. The van der Waals surface area contributed by atoms with Crippen LogP contribution in [0.15, 0.2) is 18.2 Å². The number of aliphatic carboxylic acids is 1. The number of rotatable bonds is 6. The molecule has 0 spiro atoms. The molecule has 0 heterocycles. The zero-order valence-corrected chi connectivity index (χ0v) is 11.9. The lowest BCUT2D eigenvalue weighted by Crippen LogP contribution is -2.29. The standard InChI is InChI=1S/C14H18ClNO3/c1-10-3-4-11(9-12(10)15)5-6-13(17)16(2)8-7-14(18)19/h3-4,9H,5-8H2,1-2H3,(H,18,19). The summed E-state index contributed by atoms with van der Waals surface area (Å²) < 4.78 is 0. The first-order valence-electron chi connectivity index (χ1n) is 6.11. The van der Waals surface area contributed by atoms with Crippen molar-refractivity contribution in [1.29, 1.82) is 0 Å². The van der Waals surface area contributed by atoms with Crippen LogP contribution in [0, 0.1) is 6.92 Å². The first kappa shape index (κ1) is 15.5. The Kier molecular flexibility index (Phi) is 5.83. The predicted octanol–water partition coefficient (Wildman–Crippen LogP) is 2.51. The van der Waals surface area contributed by atoms with Crippen molar-refractivity contribution in [1.82, 2.24) is 4.90 Å². The van der Waals surface area contributed by atoms with E-state index in [-0.39, 0.29) is 18.9 Å². The quantitative estimate of drug-likeness (QED) is 0.873. The van der Waals surface area contributed by atoms with Crippen LogP contribution in [0.4, 0.5) is 0 Å². The van der Waals surface area contributed by atoms with E-state index in [1.54, 1.807) is 7.05 Å². The number of hydrogen-bond acceptors (Lipinski definition) is 2. The van der Waals surface area contributed by atoms with Crippen LogP contribution in [0.3, 0.4) is 0 Å². The van der Waals surface area contributed by atoms with E-state index in [0.717, 1.165) is 11.1 Å². The maximum atomic E-state index is 11.8. The Morgan fingerprint density at radius 2 is 2.00 bits per heavy atom. The first-order valence-corrected chi connectivity index (χ1v) is 6.48. The number of amides is 1. The predicted molar refractivity (Wildman–Crippen MR) is 74.4 cm³/mol. The van der Waals surface area contributed by atoms with E-state index in [1.165, 1.54) is 4.90 Å². The molecule has 5 heteroatoms. The third kappa shape index (κ3) is 5.30.